The number of thiazole rings is 1. The summed E-state index contributed by atoms with van der Waals surface area (Å²) in [5.41, 5.74) is 2.76. The highest BCUT2D eigenvalue weighted by Gasteiger charge is 2.05. The van der Waals surface area contributed by atoms with Gasteiger partial charge in [0, 0.05) is 11.1 Å². The fraction of sp³-hybridized carbons (Fsp3) is 0. The van der Waals surface area contributed by atoms with Crippen molar-refractivity contribution in [2.45, 2.75) is 0 Å². The van der Waals surface area contributed by atoms with Crippen LogP contribution in [0.25, 0.3) is 20.8 Å². The number of para-hydroxylation sites is 1. The summed E-state index contributed by atoms with van der Waals surface area (Å²) in [6, 6.07) is 15.6. The molecule has 0 amide bonds. The van der Waals surface area contributed by atoms with Gasteiger partial charge < -0.3 is 0 Å². The molecule has 82 valence electrons. The highest BCUT2D eigenvalue weighted by atomic mass is 32.1. The molecule has 0 bridgehead atoms. The Morgan fingerprint density at radius 1 is 1.00 bits per heavy atom. The molecule has 2 aromatic carbocycles. The predicted octanol–water partition coefficient (Wildman–Crippen LogP) is 3.78. The van der Waals surface area contributed by atoms with Gasteiger partial charge in [-0.05, 0) is 12.1 Å². The summed E-state index contributed by atoms with van der Waals surface area (Å²) < 4.78 is 1.18. The molecule has 3 rings (SSSR count). The Labute approximate surface area is 103 Å². The summed E-state index contributed by atoms with van der Waals surface area (Å²) in [6.45, 7) is 0. The van der Waals surface area contributed by atoms with Crippen LogP contribution in [0.5, 0.6) is 0 Å². The second-order valence-electron chi connectivity index (χ2n) is 3.73. The SMILES string of the molecule is O=Cc1ccc(-c2nc3ccccc3s2)cc1. The maximum atomic E-state index is 10.6. The second-order valence-corrected chi connectivity index (χ2v) is 4.76. The fourth-order valence-corrected chi connectivity index (χ4v) is 2.67. The Morgan fingerprint density at radius 2 is 1.76 bits per heavy atom. The van der Waals surface area contributed by atoms with Crippen molar-refractivity contribution >= 4 is 27.8 Å². The zero-order valence-corrected chi connectivity index (χ0v) is 9.78. The molecule has 0 saturated heterocycles. The molecule has 0 aliphatic rings. The number of hydrogen-bond donors (Lipinski definition) is 0. The molecule has 0 atom stereocenters. The minimum Gasteiger partial charge on any atom is -0.298 e. The van der Waals surface area contributed by atoms with Gasteiger partial charge in [0.05, 0.1) is 10.2 Å². The van der Waals surface area contributed by atoms with E-state index < -0.39 is 0 Å². The van der Waals surface area contributed by atoms with Gasteiger partial charge in [0.1, 0.15) is 11.3 Å². The van der Waals surface area contributed by atoms with Crippen molar-refractivity contribution in [1.82, 2.24) is 4.98 Å². The summed E-state index contributed by atoms with van der Waals surface area (Å²) in [7, 11) is 0. The normalized spacial score (nSPS) is 10.6. The van der Waals surface area contributed by atoms with Crippen LogP contribution in [0, 0.1) is 0 Å². The van der Waals surface area contributed by atoms with Crippen molar-refractivity contribution in [1.29, 1.82) is 0 Å². The summed E-state index contributed by atoms with van der Waals surface area (Å²) in [4.78, 5) is 15.2. The number of aldehydes is 1. The van der Waals surface area contributed by atoms with E-state index in [4.69, 9.17) is 0 Å². The molecule has 1 heterocycles. The standard InChI is InChI=1S/C14H9NOS/c16-9-10-5-7-11(8-6-10)14-15-12-3-1-2-4-13(12)17-14/h1-9H. The maximum Gasteiger partial charge on any atom is 0.150 e. The molecule has 17 heavy (non-hydrogen) atoms. The third-order valence-electron chi connectivity index (χ3n) is 2.59. The van der Waals surface area contributed by atoms with Crippen molar-refractivity contribution in [3.8, 4) is 10.6 Å². The number of aromatic nitrogens is 1. The molecule has 0 fully saturated rings. The highest BCUT2D eigenvalue weighted by Crippen LogP contribution is 2.29. The van der Waals surface area contributed by atoms with Crippen LogP contribution < -0.4 is 0 Å². The Balaban J connectivity index is 2.10. The van der Waals surface area contributed by atoms with Crippen LogP contribution in [0.2, 0.25) is 0 Å². The van der Waals surface area contributed by atoms with Crippen molar-refractivity contribution < 1.29 is 4.79 Å². The molecule has 0 aliphatic carbocycles. The first-order valence-electron chi connectivity index (χ1n) is 5.28. The topological polar surface area (TPSA) is 30.0 Å². The van der Waals surface area contributed by atoms with Gasteiger partial charge in [0.15, 0.2) is 0 Å². The van der Waals surface area contributed by atoms with E-state index in [9.17, 15) is 4.79 Å². The highest BCUT2D eigenvalue weighted by molar-refractivity contribution is 7.21. The molecule has 0 saturated carbocycles. The molecule has 3 heteroatoms. The number of hydrogen-bond acceptors (Lipinski definition) is 3. The van der Waals surface area contributed by atoms with Crippen LogP contribution in [-0.4, -0.2) is 11.3 Å². The van der Waals surface area contributed by atoms with Gasteiger partial charge in [-0.25, -0.2) is 4.98 Å². The minimum atomic E-state index is 0.690. The smallest absolute Gasteiger partial charge is 0.150 e. The summed E-state index contributed by atoms with van der Waals surface area (Å²) in [5.74, 6) is 0. The summed E-state index contributed by atoms with van der Waals surface area (Å²) in [5, 5.41) is 0.989. The van der Waals surface area contributed by atoms with Gasteiger partial charge >= 0.3 is 0 Å². The number of nitrogens with zero attached hydrogens (tertiary/aromatic N) is 1. The van der Waals surface area contributed by atoms with Crippen molar-refractivity contribution in [2.75, 3.05) is 0 Å². The van der Waals surface area contributed by atoms with Gasteiger partial charge in [-0.2, -0.15) is 0 Å². The maximum absolute atomic E-state index is 10.6. The van der Waals surface area contributed by atoms with Crippen LogP contribution in [0.4, 0.5) is 0 Å². The third-order valence-corrected chi connectivity index (χ3v) is 3.67. The monoisotopic (exact) mass is 239 g/mol. The molecule has 0 unspecified atom stereocenters. The number of carbonyl (C=O) groups is 1. The van der Waals surface area contributed by atoms with Gasteiger partial charge in [0.2, 0.25) is 0 Å². The van der Waals surface area contributed by atoms with E-state index >= 15 is 0 Å². The zero-order valence-electron chi connectivity index (χ0n) is 8.96. The lowest BCUT2D eigenvalue weighted by Crippen LogP contribution is -1.80. The van der Waals surface area contributed by atoms with E-state index in [0.29, 0.717) is 5.56 Å². The predicted molar refractivity (Wildman–Crippen MR) is 70.4 cm³/mol. The first-order valence-corrected chi connectivity index (χ1v) is 6.10. The molecule has 2 nitrogen and oxygen atoms in total. The molecule has 0 aliphatic heterocycles. The van der Waals surface area contributed by atoms with Gasteiger partial charge in [-0.3, -0.25) is 4.79 Å². The summed E-state index contributed by atoms with van der Waals surface area (Å²) in [6.07, 6.45) is 0.849. The molecular formula is C14H9NOS. The van der Waals surface area contributed by atoms with E-state index in [2.05, 4.69) is 11.1 Å². The third kappa shape index (κ3) is 1.85. The van der Waals surface area contributed by atoms with Crippen LogP contribution in [0.1, 0.15) is 10.4 Å². The number of fused-ring (bicyclic) bond motifs is 1. The van der Waals surface area contributed by atoms with Crippen LogP contribution in [0.15, 0.2) is 48.5 Å². The molecular weight excluding hydrogens is 230 g/mol. The van der Waals surface area contributed by atoms with E-state index in [1.54, 1.807) is 11.3 Å². The fourth-order valence-electron chi connectivity index (χ4n) is 1.70. The van der Waals surface area contributed by atoms with E-state index in [1.807, 2.05) is 42.5 Å². The molecule has 3 aromatic rings. The number of benzene rings is 2. The van der Waals surface area contributed by atoms with E-state index in [-0.39, 0.29) is 0 Å². The van der Waals surface area contributed by atoms with Crippen LogP contribution in [0.3, 0.4) is 0 Å². The minimum absolute atomic E-state index is 0.690. The van der Waals surface area contributed by atoms with Crippen LogP contribution >= 0.6 is 11.3 Å². The Bertz CT molecular complexity index is 637. The molecule has 1 aromatic heterocycles. The van der Waals surface area contributed by atoms with Crippen LogP contribution in [-0.2, 0) is 0 Å². The molecule has 0 spiro atoms. The van der Waals surface area contributed by atoms with E-state index in [1.165, 1.54) is 4.70 Å². The van der Waals surface area contributed by atoms with Crippen molar-refractivity contribution in [3.05, 3.63) is 54.1 Å². The lowest BCUT2D eigenvalue weighted by molar-refractivity contribution is 0.112. The van der Waals surface area contributed by atoms with E-state index in [0.717, 1.165) is 22.4 Å². The van der Waals surface area contributed by atoms with Crippen molar-refractivity contribution in [2.24, 2.45) is 0 Å². The average Bonchev–Trinajstić information content (AvgIpc) is 2.82. The zero-order chi connectivity index (χ0) is 11.7. The van der Waals surface area contributed by atoms with Gasteiger partial charge in [-0.15, -0.1) is 11.3 Å². The lowest BCUT2D eigenvalue weighted by Gasteiger charge is -1.95. The first kappa shape index (κ1) is 10.2. The second kappa shape index (κ2) is 4.11. The lowest BCUT2D eigenvalue weighted by atomic mass is 10.1. The first-order chi connectivity index (χ1) is 8.36. The quantitative estimate of drug-likeness (QED) is 0.637. The Morgan fingerprint density at radius 3 is 2.47 bits per heavy atom. The molecule has 0 radical (unpaired) electrons. The Hall–Kier alpha value is -2.00. The molecule has 0 N–H and O–H groups in total. The number of carbonyl (C=O) groups excluding carboxylic acids is 1. The van der Waals surface area contributed by atoms with Gasteiger partial charge in [-0.1, -0.05) is 36.4 Å². The van der Waals surface area contributed by atoms with Gasteiger partial charge in [0.25, 0.3) is 0 Å². The summed E-state index contributed by atoms with van der Waals surface area (Å²) >= 11 is 1.66. The largest absolute Gasteiger partial charge is 0.298 e. The Kier molecular flexibility index (Phi) is 2.46. The average molecular weight is 239 g/mol. The number of rotatable bonds is 2. The van der Waals surface area contributed by atoms with Crippen molar-refractivity contribution in [3.63, 3.8) is 0 Å².